The number of hydrogen-bond donors (Lipinski definition) is 0. The van der Waals surface area contributed by atoms with Gasteiger partial charge in [0.15, 0.2) is 0 Å². The molecule has 1 fully saturated rings. The summed E-state index contributed by atoms with van der Waals surface area (Å²) in [6.07, 6.45) is 5.84. The van der Waals surface area contributed by atoms with Crippen molar-refractivity contribution in [2.75, 3.05) is 13.2 Å². The molecule has 1 unspecified atom stereocenters. The second-order valence-corrected chi connectivity index (χ2v) is 3.23. The van der Waals surface area contributed by atoms with E-state index in [1.54, 1.807) is 6.08 Å². The molecule has 0 aromatic carbocycles. The molecule has 0 radical (unpaired) electrons. The lowest BCUT2D eigenvalue weighted by Gasteiger charge is -2.06. The quantitative estimate of drug-likeness (QED) is 0.368. The van der Waals surface area contributed by atoms with Crippen LogP contribution in [0.1, 0.15) is 13.8 Å². The average molecular weight is 180 g/mol. The van der Waals surface area contributed by atoms with Crippen LogP contribution in [-0.4, -0.2) is 19.3 Å². The molecule has 1 saturated heterocycles. The number of allylic oxidation sites excluding steroid dienone is 4. The molecule has 0 saturated carbocycles. The summed E-state index contributed by atoms with van der Waals surface area (Å²) >= 11 is 0. The Labute approximate surface area is 79.5 Å². The van der Waals surface area contributed by atoms with Gasteiger partial charge in [0.1, 0.15) is 18.5 Å². The molecule has 1 aliphatic rings. The lowest BCUT2D eigenvalue weighted by molar-refractivity contribution is 0.190. The Bertz CT molecular complexity index is 230. The summed E-state index contributed by atoms with van der Waals surface area (Å²) in [7, 11) is 0. The van der Waals surface area contributed by atoms with Crippen LogP contribution in [0, 0.1) is 0 Å². The van der Waals surface area contributed by atoms with E-state index in [2.05, 4.69) is 6.58 Å². The third-order valence-electron chi connectivity index (χ3n) is 1.70. The molecule has 0 bridgehead atoms. The van der Waals surface area contributed by atoms with E-state index in [-0.39, 0.29) is 0 Å². The fraction of sp³-hybridized carbons (Fsp3) is 0.455. The molecule has 0 N–H and O–H groups in total. The maximum atomic E-state index is 5.55. The molecule has 0 aromatic heterocycles. The zero-order chi connectivity index (χ0) is 9.68. The van der Waals surface area contributed by atoms with Crippen molar-refractivity contribution < 1.29 is 9.47 Å². The zero-order valence-corrected chi connectivity index (χ0v) is 8.25. The van der Waals surface area contributed by atoms with Crippen molar-refractivity contribution in [1.82, 2.24) is 0 Å². The first-order chi connectivity index (χ1) is 6.24. The van der Waals surface area contributed by atoms with Gasteiger partial charge in [0, 0.05) is 0 Å². The molecule has 0 aliphatic carbocycles. The Hall–Kier alpha value is -1.02. The lowest BCUT2D eigenvalue weighted by atomic mass is 10.2. The molecule has 2 nitrogen and oxygen atoms in total. The molecule has 0 aromatic rings. The summed E-state index contributed by atoms with van der Waals surface area (Å²) in [4.78, 5) is 0. The molecule has 13 heavy (non-hydrogen) atoms. The maximum Gasteiger partial charge on any atom is 0.118 e. The van der Waals surface area contributed by atoms with Crippen molar-refractivity contribution in [2.45, 2.75) is 20.0 Å². The van der Waals surface area contributed by atoms with Crippen LogP contribution in [0.5, 0.6) is 0 Å². The first kappa shape index (κ1) is 10.1. The fourth-order valence-electron chi connectivity index (χ4n) is 0.862. The smallest absolute Gasteiger partial charge is 0.118 e. The van der Waals surface area contributed by atoms with Crippen LogP contribution in [0.2, 0.25) is 0 Å². The van der Waals surface area contributed by atoms with Crippen LogP contribution < -0.4 is 0 Å². The van der Waals surface area contributed by atoms with Gasteiger partial charge < -0.3 is 9.47 Å². The van der Waals surface area contributed by atoms with Gasteiger partial charge in [0.05, 0.1) is 6.61 Å². The minimum Gasteiger partial charge on any atom is -0.491 e. The second-order valence-electron chi connectivity index (χ2n) is 3.23. The molecule has 2 heteroatoms. The molecule has 1 aliphatic heterocycles. The molecule has 0 amide bonds. The van der Waals surface area contributed by atoms with Gasteiger partial charge in [-0.05, 0) is 25.5 Å². The average Bonchev–Trinajstić information content (AvgIpc) is 2.87. The van der Waals surface area contributed by atoms with Crippen molar-refractivity contribution >= 4 is 0 Å². The fourth-order valence-corrected chi connectivity index (χ4v) is 0.862. The summed E-state index contributed by atoms with van der Waals surface area (Å²) in [6, 6.07) is 0. The Kier molecular flexibility index (Phi) is 3.77. The number of hydrogen-bond acceptors (Lipinski definition) is 2. The van der Waals surface area contributed by atoms with E-state index in [0.29, 0.717) is 12.7 Å². The molecular weight excluding hydrogens is 164 g/mol. The van der Waals surface area contributed by atoms with Crippen molar-refractivity contribution in [2.24, 2.45) is 0 Å². The first-order valence-corrected chi connectivity index (χ1v) is 4.45. The van der Waals surface area contributed by atoms with Gasteiger partial charge in [-0.2, -0.15) is 0 Å². The molecule has 1 atom stereocenters. The highest BCUT2D eigenvalue weighted by atomic mass is 16.6. The summed E-state index contributed by atoms with van der Waals surface area (Å²) in [6.45, 7) is 9.15. The van der Waals surface area contributed by atoms with Gasteiger partial charge >= 0.3 is 0 Å². The highest BCUT2D eigenvalue weighted by molar-refractivity contribution is 5.20. The van der Waals surface area contributed by atoms with E-state index in [1.165, 1.54) is 5.57 Å². The molecule has 72 valence electrons. The van der Waals surface area contributed by atoms with Crippen LogP contribution in [0.25, 0.3) is 0 Å². The summed E-state index contributed by atoms with van der Waals surface area (Å²) in [5.41, 5.74) is 1.17. The van der Waals surface area contributed by atoms with Crippen LogP contribution >= 0.6 is 0 Å². The minimum atomic E-state index is 0.312. The van der Waals surface area contributed by atoms with Crippen molar-refractivity contribution in [1.29, 1.82) is 0 Å². The van der Waals surface area contributed by atoms with Crippen LogP contribution in [0.15, 0.2) is 36.1 Å². The van der Waals surface area contributed by atoms with E-state index in [4.69, 9.17) is 9.47 Å². The van der Waals surface area contributed by atoms with Gasteiger partial charge in [-0.1, -0.05) is 18.7 Å². The van der Waals surface area contributed by atoms with E-state index in [1.807, 2.05) is 26.0 Å². The summed E-state index contributed by atoms with van der Waals surface area (Å²) in [5, 5.41) is 0. The van der Waals surface area contributed by atoms with Gasteiger partial charge in [-0.15, -0.1) is 0 Å². The van der Waals surface area contributed by atoms with Gasteiger partial charge in [0.25, 0.3) is 0 Å². The summed E-state index contributed by atoms with van der Waals surface area (Å²) < 4.78 is 10.6. The SMILES string of the molecule is C=C/C=C\C(OCC1CO1)=C(C)C. The third-order valence-corrected chi connectivity index (χ3v) is 1.70. The van der Waals surface area contributed by atoms with Crippen molar-refractivity contribution in [3.8, 4) is 0 Å². The second kappa shape index (κ2) is 4.87. The maximum absolute atomic E-state index is 5.55. The normalized spacial score (nSPS) is 20.0. The standard InChI is InChI=1S/C11H16O2/c1-4-5-6-11(9(2)3)13-8-10-7-12-10/h4-6,10H,1,7-8H2,2-3H3/b6-5-. The topological polar surface area (TPSA) is 21.8 Å². The Morgan fingerprint density at radius 1 is 1.62 bits per heavy atom. The Morgan fingerprint density at radius 3 is 2.77 bits per heavy atom. The Balaban J connectivity index is 2.41. The lowest BCUT2D eigenvalue weighted by Crippen LogP contribution is -2.01. The van der Waals surface area contributed by atoms with Crippen LogP contribution in [0.4, 0.5) is 0 Å². The molecule has 0 spiro atoms. The highest BCUT2D eigenvalue weighted by Crippen LogP contribution is 2.14. The van der Waals surface area contributed by atoms with E-state index < -0.39 is 0 Å². The number of epoxide rings is 1. The predicted octanol–water partition coefficient (Wildman–Crippen LogP) is 2.44. The van der Waals surface area contributed by atoms with E-state index in [9.17, 15) is 0 Å². The van der Waals surface area contributed by atoms with Gasteiger partial charge in [-0.25, -0.2) is 0 Å². The molecular formula is C11H16O2. The van der Waals surface area contributed by atoms with Crippen molar-refractivity contribution in [3.05, 3.63) is 36.1 Å². The first-order valence-electron chi connectivity index (χ1n) is 4.45. The largest absolute Gasteiger partial charge is 0.491 e. The van der Waals surface area contributed by atoms with Gasteiger partial charge in [0.2, 0.25) is 0 Å². The zero-order valence-electron chi connectivity index (χ0n) is 8.25. The minimum absolute atomic E-state index is 0.312. The number of ether oxygens (including phenoxy) is 2. The van der Waals surface area contributed by atoms with E-state index in [0.717, 1.165) is 12.4 Å². The predicted molar refractivity (Wildman–Crippen MR) is 53.4 cm³/mol. The monoisotopic (exact) mass is 180 g/mol. The van der Waals surface area contributed by atoms with Gasteiger partial charge in [-0.3, -0.25) is 0 Å². The van der Waals surface area contributed by atoms with Crippen LogP contribution in [0.3, 0.4) is 0 Å². The Morgan fingerprint density at radius 2 is 2.31 bits per heavy atom. The number of rotatable bonds is 5. The van der Waals surface area contributed by atoms with Crippen molar-refractivity contribution in [3.63, 3.8) is 0 Å². The third kappa shape index (κ3) is 3.95. The van der Waals surface area contributed by atoms with Crippen LogP contribution in [-0.2, 0) is 9.47 Å². The molecule has 1 rings (SSSR count). The highest BCUT2D eigenvalue weighted by Gasteiger charge is 2.23. The van der Waals surface area contributed by atoms with E-state index >= 15 is 0 Å². The summed E-state index contributed by atoms with van der Waals surface area (Å²) in [5.74, 6) is 0.912. The molecule has 1 heterocycles.